The normalized spacial score (nSPS) is 17.8. The summed E-state index contributed by atoms with van der Waals surface area (Å²) in [6.07, 6.45) is 6.88. The molecule has 3 heteroatoms. The molecule has 0 bridgehead atoms. The number of hydrogen-bond acceptors (Lipinski definition) is 2. The van der Waals surface area contributed by atoms with E-state index < -0.39 is 0 Å². The molecule has 1 aromatic heterocycles. The third-order valence-corrected chi connectivity index (χ3v) is 3.73. The largest absolute Gasteiger partial charge is 0.388 e. The molecule has 1 N–H and O–H groups in total. The van der Waals surface area contributed by atoms with Gasteiger partial charge in [-0.25, -0.2) is 0 Å². The molecule has 3 rings (SSSR count). The van der Waals surface area contributed by atoms with Gasteiger partial charge in [0.2, 0.25) is 0 Å². The van der Waals surface area contributed by atoms with Crippen LogP contribution in [-0.2, 0) is 13.0 Å². The number of aliphatic hydroxyl groups excluding tert-OH is 1. The highest BCUT2D eigenvalue weighted by Gasteiger charge is 2.19. The van der Waals surface area contributed by atoms with Gasteiger partial charge in [-0.1, -0.05) is 12.1 Å². The second kappa shape index (κ2) is 4.91. The third-order valence-electron chi connectivity index (χ3n) is 3.73. The van der Waals surface area contributed by atoms with Crippen molar-refractivity contribution in [3.63, 3.8) is 0 Å². The second-order valence-corrected chi connectivity index (χ2v) is 5.13. The predicted molar refractivity (Wildman–Crippen MR) is 72.6 cm³/mol. The summed E-state index contributed by atoms with van der Waals surface area (Å²) in [7, 11) is 0. The number of benzene rings is 1. The molecule has 0 radical (unpaired) electrons. The maximum absolute atomic E-state index is 9.96. The Morgan fingerprint density at radius 1 is 1.26 bits per heavy atom. The molecular weight excluding hydrogens is 236 g/mol. The van der Waals surface area contributed by atoms with Crippen molar-refractivity contribution in [3.8, 4) is 6.07 Å². The highest BCUT2D eigenvalue weighted by Crippen LogP contribution is 2.30. The van der Waals surface area contributed by atoms with Gasteiger partial charge in [-0.3, -0.25) is 0 Å². The van der Waals surface area contributed by atoms with E-state index in [0.29, 0.717) is 5.56 Å². The summed E-state index contributed by atoms with van der Waals surface area (Å²) in [5.41, 5.74) is 4.21. The standard InChI is InChI=1S/C16H16N2O/c17-8-12-4-6-13(7-5-12)9-18-10-14-2-1-3-16(19)15(14)11-18/h4-7,10-11,16,19H,1-3,9H2. The summed E-state index contributed by atoms with van der Waals surface area (Å²) in [4.78, 5) is 0. The lowest BCUT2D eigenvalue weighted by Crippen LogP contribution is -2.05. The van der Waals surface area contributed by atoms with E-state index >= 15 is 0 Å². The van der Waals surface area contributed by atoms with Crippen molar-refractivity contribution in [2.24, 2.45) is 0 Å². The van der Waals surface area contributed by atoms with Crippen LogP contribution in [-0.4, -0.2) is 9.67 Å². The van der Waals surface area contributed by atoms with Gasteiger partial charge in [0.05, 0.1) is 17.7 Å². The first kappa shape index (κ1) is 12.0. The third kappa shape index (κ3) is 2.40. The summed E-state index contributed by atoms with van der Waals surface area (Å²) >= 11 is 0. The first-order valence-electron chi connectivity index (χ1n) is 6.62. The monoisotopic (exact) mass is 252 g/mol. The van der Waals surface area contributed by atoms with Gasteiger partial charge < -0.3 is 9.67 Å². The summed E-state index contributed by atoms with van der Waals surface area (Å²) in [6.45, 7) is 0.783. The highest BCUT2D eigenvalue weighted by atomic mass is 16.3. The fraction of sp³-hybridized carbons (Fsp3) is 0.312. The van der Waals surface area contributed by atoms with Crippen LogP contribution in [0.1, 0.15) is 41.2 Å². The SMILES string of the molecule is N#Cc1ccc(Cn2cc3c(c2)C(O)CCC3)cc1. The summed E-state index contributed by atoms with van der Waals surface area (Å²) < 4.78 is 2.13. The van der Waals surface area contributed by atoms with Crippen molar-refractivity contribution in [2.45, 2.75) is 31.9 Å². The molecule has 1 atom stereocenters. The number of fused-ring (bicyclic) bond motifs is 1. The molecule has 0 aliphatic heterocycles. The molecule has 2 aromatic rings. The van der Waals surface area contributed by atoms with Crippen LogP contribution in [0.25, 0.3) is 0 Å². The molecule has 96 valence electrons. The van der Waals surface area contributed by atoms with Crippen LogP contribution in [0.4, 0.5) is 0 Å². The van der Waals surface area contributed by atoms with Crippen LogP contribution >= 0.6 is 0 Å². The van der Waals surface area contributed by atoms with Gasteiger partial charge in [-0.05, 0) is 42.5 Å². The first-order chi connectivity index (χ1) is 9.26. The minimum Gasteiger partial charge on any atom is -0.388 e. The van der Waals surface area contributed by atoms with E-state index in [1.54, 1.807) is 0 Å². The van der Waals surface area contributed by atoms with Crippen LogP contribution in [0.5, 0.6) is 0 Å². The van der Waals surface area contributed by atoms with E-state index in [0.717, 1.165) is 31.4 Å². The molecule has 0 spiro atoms. The Bertz CT molecular complexity index is 619. The van der Waals surface area contributed by atoms with Gasteiger partial charge in [-0.2, -0.15) is 5.26 Å². The Hall–Kier alpha value is -2.05. The molecule has 1 heterocycles. The van der Waals surface area contributed by atoms with Gasteiger partial charge in [0.15, 0.2) is 0 Å². The molecule has 0 saturated carbocycles. The van der Waals surface area contributed by atoms with Crippen molar-refractivity contribution in [1.29, 1.82) is 5.26 Å². The topological polar surface area (TPSA) is 49.0 Å². The van der Waals surface area contributed by atoms with E-state index in [-0.39, 0.29) is 6.10 Å². The number of hydrogen-bond donors (Lipinski definition) is 1. The zero-order valence-electron chi connectivity index (χ0n) is 10.7. The maximum Gasteiger partial charge on any atom is 0.0991 e. The van der Waals surface area contributed by atoms with Crippen LogP contribution < -0.4 is 0 Å². The Morgan fingerprint density at radius 2 is 2.05 bits per heavy atom. The van der Waals surface area contributed by atoms with Crippen LogP contribution in [0.3, 0.4) is 0 Å². The van der Waals surface area contributed by atoms with Crippen molar-refractivity contribution in [3.05, 3.63) is 58.9 Å². The quantitative estimate of drug-likeness (QED) is 0.893. The van der Waals surface area contributed by atoms with Gasteiger partial charge in [0, 0.05) is 24.5 Å². The number of aliphatic hydroxyl groups is 1. The molecule has 0 fully saturated rings. The molecule has 0 amide bonds. The molecule has 0 saturated heterocycles. The molecular formula is C16H16N2O. The Balaban J connectivity index is 1.81. The van der Waals surface area contributed by atoms with Gasteiger partial charge in [0.1, 0.15) is 0 Å². The first-order valence-corrected chi connectivity index (χ1v) is 6.62. The predicted octanol–water partition coefficient (Wildman–Crippen LogP) is 2.78. The molecule has 1 unspecified atom stereocenters. The van der Waals surface area contributed by atoms with Gasteiger partial charge in [-0.15, -0.1) is 0 Å². The van der Waals surface area contributed by atoms with Crippen LogP contribution in [0.15, 0.2) is 36.7 Å². The van der Waals surface area contributed by atoms with Gasteiger partial charge in [0.25, 0.3) is 0 Å². The van der Waals surface area contributed by atoms with E-state index in [9.17, 15) is 5.11 Å². The molecule has 19 heavy (non-hydrogen) atoms. The Labute approximate surface area is 112 Å². The number of nitriles is 1. The fourth-order valence-corrected chi connectivity index (χ4v) is 2.71. The summed E-state index contributed by atoms with van der Waals surface area (Å²) in [5, 5.41) is 18.7. The minimum atomic E-state index is -0.300. The average Bonchev–Trinajstić information content (AvgIpc) is 2.84. The van der Waals surface area contributed by atoms with Crippen LogP contribution in [0.2, 0.25) is 0 Å². The molecule has 3 nitrogen and oxygen atoms in total. The number of nitrogens with zero attached hydrogens (tertiary/aromatic N) is 2. The second-order valence-electron chi connectivity index (χ2n) is 5.13. The van der Waals surface area contributed by atoms with Crippen molar-refractivity contribution in [1.82, 2.24) is 4.57 Å². The zero-order valence-corrected chi connectivity index (χ0v) is 10.7. The Morgan fingerprint density at radius 3 is 2.74 bits per heavy atom. The summed E-state index contributed by atoms with van der Waals surface area (Å²) in [6, 6.07) is 9.77. The fourth-order valence-electron chi connectivity index (χ4n) is 2.71. The smallest absolute Gasteiger partial charge is 0.0991 e. The Kier molecular flexibility index (Phi) is 3.10. The maximum atomic E-state index is 9.96. The van der Waals surface area contributed by atoms with Gasteiger partial charge >= 0.3 is 0 Å². The lowest BCUT2D eigenvalue weighted by atomic mass is 9.93. The van der Waals surface area contributed by atoms with Crippen molar-refractivity contribution in [2.75, 3.05) is 0 Å². The van der Waals surface area contributed by atoms with Crippen molar-refractivity contribution < 1.29 is 5.11 Å². The van der Waals surface area contributed by atoms with Crippen LogP contribution in [0, 0.1) is 11.3 Å². The summed E-state index contributed by atoms with van der Waals surface area (Å²) in [5.74, 6) is 0. The number of rotatable bonds is 2. The molecule has 1 aliphatic carbocycles. The van der Waals surface area contributed by atoms with E-state index in [4.69, 9.17) is 5.26 Å². The molecule has 1 aromatic carbocycles. The molecule has 1 aliphatic rings. The minimum absolute atomic E-state index is 0.300. The number of aryl methyl sites for hydroxylation is 1. The lowest BCUT2D eigenvalue weighted by molar-refractivity contribution is 0.157. The highest BCUT2D eigenvalue weighted by molar-refractivity contribution is 5.33. The van der Waals surface area contributed by atoms with E-state index in [1.807, 2.05) is 24.3 Å². The lowest BCUT2D eigenvalue weighted by Gasteiger charge is -2.16. The van der Waals surface area contributed by atoms with E-state index in [1.165, 1.54) is 11.1 Å². The van der Waals surface area contributed by atoms with Crippen molar-refractivity contribution >= 4 is 0 Å². The number of aromatic nitrogens is 1. The average molecular weight is 252 g/mol. The van der Waals surface area contributed by atoms with E-state index in [2.05, 4.69) is 23.0 Å². The zero-order chi connectivity index (χ0) is 13.2.